The fourth-order valence-electron chi connectivity index (χ4n) is 1.87. The number of benzene rings is 1. The lowest BCUT2D eigenvalue weighted by atomic mass is 10.2. The molecule has 0 heterocycles. The second-order valence-corrected chi connectivity index (χ2v) is 5.03. The molecule has 0 aromatic heterocycles. The topological polar surface area (TPSA) is 81.7 Å². The molecule has 112 valence electrons. The van der Waals surface area contributed by atoms with E-state index < -0.39 is 18.4 Å². The SMILES string of the molecule is COc1ccc(C(=O)NC(=O)COC(=O)[C@@H]2C[C@@H]2C)cc1. The van der Waals surface area contributed by atoms with Gasteiger partial charge in [-0.2, -0.15) is 0 Å². The van der Waals surface area contributed by atoms with E-state index >= 15 is 0 Å². The van der Waals surface area contributed by atoms with Crippen molar-refractivity contribution in [2.24, 2.45) is 11.8 Å². The minimum absolute atomic E-state index is 0.102. The van der Waals surface area contributed by atoms with Gasteiger partial charge in [0, 0.05) is 5.56 Å². The highest BCUT2D eigenvalue weighted by Gasteiger charge is 2.40. The Hall–Kier alpha value is -2.37. The van der Waals surface area contributed by atoms with Gasteiger partial charge in [0.2, 0.25) is 0 Å². The maximum absolute atomic E-state index is 11.8. The first-order valence-electron chi connectivity index (χ1n) is 6.66. The van der Waals surface area contributed by atoms with E-state index in [0.717, 1.165) is 6.42 Å². The Morgan fingerprint density at radius 3 is 2.38 bits per heavy atom. The molecule has 0 unspecified atom stereocenters. The molecular formula is C15H17NO5. The van der Waals surface area contributed by atoms with Gasteiger partial charge in [0.05, 0.1) is 13.0 Å². The Bertz CT molecular complexity index is 552. The van der Waals surface area contributed by atoms with Gasteiger partial charge in [0.1, 0.15) is 5.75 Å². The summed E-state index contributed by atoms with van der Waals surface area (Å²) in [6.07, 6.45) is 0.797. The predicted octanol–water partition coefficient (Wildman–Crippen LogP) is 1.15. The van der Waals surface area contributed by atoms with Gasteiger partial charge in [-0.3, -0.25) is 19.7 Å². The van der Waals surface area contributed by atoms with Crippen LogP contribution in [0.15, 0.2) is 24.3 Å². The van der Waals surface area contributed by atoms with E-state index in [0.29, 0.717) is 17.2 Å². The summed E-state index contributed by atoms with van der Waals surface area (Å²) in [5, 5.41) is 2.16. The normalized spacial score (nSPS) is 19.5. The van der Waals surface area contributed by atoms with Crippen LogP contribution in [-0.4, -0.2) is 31.5 Å². The summed E-state index contributed by atoms with van der Waals surface area (Å²) in [6, 6.07) is 6.32. The number of hydrogen-bond acceptors (Lipinski definition) is 5. The van der Waals surface area contributed by atoms with Gasteiger partial charge in [-0.1, -0.05) is 6.92 Å². The third kappa shape index (κ3) is 4.05. The van der Waals surface area contributed by atoms with Crippen molar-refractivity contribution in [3.8, 4) is 5.75 Å². The first-order valence-corrected chi connectivity index (χ1v) is 6.66. The maximum atomic E-state index is 11.8. The van der Waals surface area contributed by atoms with Crippen LogP contribution in [0, 0.1) is 11.8 Å². The van der Waals surface area contributed by atoms with Gasteiger partial charge in [-0.05, 0) is 36.6 Å². The molecule has 2 amide bonds. The maximum Gasteiger partial charge on any atom is 0.309 e. The number of carbonyl (C=O) groups excluding carboxylic acids is 3. The molecule has 2 atom stereocenters. The zero-order valence-electron chi connectivity index (χ0n) is 11.9. The van der Waals surface area contributed by atoms with Crippen LogP contribution in [0.5, 0.6) is 5.75 Å². The number of amides is 2. The summed E-state index contributed by atoms with van der Waals surface area (Å²) in [5.41, 5.74) is 0.325. The zero-order valence-corrected chi connectivity index (χ0v) is 11.9. The van der Waals surface area contributed by atoms with Crippen molar-refractivity contribution in [3.63, 3.8) is 0 Å². The summed E-state index contributed by atoms with van der Waals surface area (Å²) < 4.78 is 9.82. The van der Waals surface area contributed by atoms with E-state index in [2.05, 4.69) is 5.32 Å². The highest BCUT2D eigenvalue weighted by atomic mass is 16.5. The van der Waals surface area contributed by atoms with Crippen LogP contribution < -0.4 is 10.1 Å². The zero-order chi connectivity index (χ0) is 15.4. The van der Waals surface area contributed by atoms with Crippen LogP contribution in [0.2, 0.25) is 0 Å². The Morgan fingerprint density at radius 2 is 1.86 bits per heavy atom. The van der Waals surface area contributed by atoms with Crippen LogP contribution in [-0.2, 0) is 14.3 Å². The molecule has 0 saturated heterocycles. The van der Waals surface area contributed by atoms with Crippen molar-refractivity contribution in [2.75, 3.05) is 13.7 Å². The van der Waals surface area contributed by atoms with E-state index in [1.807, 2.05) is 6.92 Å². The Labute approximate surface area is 122 Å². The first-order chi connectivity index (χ1) is 10.0. The molecule has 6 heteroatoms. The molecule has 21 heavy (non-hydrogen) atoms. The van der Waals surface area contributed by atoms with Crippen LogP contribution >= 0.6 is 0 Å². The van der Waals surface area contributed by atoms with E-state index in [-0.39, 0.29) is 11.9 Å². The molecule has 2 rings (SSSR count). The number of hydrogen-bond donors (Lipinski definition) is 1. The van der Waals surface area contributed by atoms with Crippen molar-refractivity contribution in [2.45, 2.75) is 13.3 Å². The molecular weight excluding hydrogens is 274 g/mol. The van der Waals surface area contributed by atoms with Crippen molar-refractivity contribution < 1.29 is 23.9 Å². The number of methoxy groups -OCH3 is 1. The molecule has 0 bridgehead atoms. The lowest BCUT2D eigenvalue weighted by Gasteiger charge is -2.06. The second kappa shape index (κ2) is 6.39. The summed E-state index contributed by atoms with van der Waals surface area (Å²) in [4.78, 5) is 34.8. The number of nitrogens with one attached hydrogen (secondary N) is 1. The Morgan fingerprint density at radius 1 is 1.24 bits per heavy atom. The molecule has 1 saturated carbocycles. The molecule has 1 aromatic carbocycles. The van der Waals surface area contributed by atoms with Gasteiger partial charge in [-0.25, -0.2) is 0 Å². The predicted molar refractivity (Wildman–Crippen MR) is 73.7 cm³/mol. The average Bonchev–Trinajstić information content (AvgIpc) is 3.22. The van der Waals surface area contributed by atoms with Crippen molar-refractivity contribution in [3.05, 3.63) is 29.8 Å². The average molecular weight is 291 g/mol. The fraction of sp³-hybridized carbons (Fsp3) is 0.400. The lowest BCUT2D eigenvalue weighted by Crippen LogP contribution is -2.34. The molecule has 1 aliphatic carbocycles. The molecule has 6 nitrogen and oxygen atoms in total. The highest BCUT2D eigenvalue weighted by Crippen LogP contribution is 2.38. The number of esters is 1. The first kappa shape index (κ1) is 15.0. The lowest BCUT2D eigenvalue weighted by molar-refractivity contribution is -0.149. The van der Waals surface area contributed by atoms with Gasteiger partial charge < -0.3 is 9.47 Å². The smallest absolute Gasteiger partial charge is 0.309 e. The third-order valence-corrected chi connectivity index (χ3v) is 3.36. The van der Waals surface area contributed by atoms with Crippen LogP contribution in [0.4, 0.5) is 0 Å². The van der Waals surface area contributed by atoms with E-state index in [1.165, 1.54) is 7.11 Å². The summed E-state index contributed by atoms with van der Waals surface area (Å²) in [5.74, 6) is -0.729. The summed E-state index contributed by atoms with van der Waals surface area (Å²) in [7, 11) is 1.52. The van der Waals surface area contributed by atoms with E-state index in [4.69, 9.17) is 9.47 Å². The monoisotopic (exact) mass is 291 g/mol. The van der Waals surface area contributed by atoms with Gasteiger partial charge in [-0.15, -0.1) is 0 Å². The number of carbonyl (C=O) groups is 3. The molecule has 1 aromatic rings. The van der Waals surface area contributed by atoms with Gasteiger partial charge in [0.15, 0.2) is 6.61 Å². The molecule has 0 radical (unpaired) electrons. The molecule has 0 aliphatic heterocycles. The van der Waals surface area contributed by atoms with Gasteiger partial charge >= 0.3 is 5.97 Å². The highest BCUT2D eigenvalue weighted by molar-refractivity contribution is 6.05. The number of imide groups is 1. The third-order valence-electron chi connectivity index (χ3n) is 3.36. The number of rotatable bonds is 5. The fourth-order valence-corrected chi connectivity index (χ4v) is 1.87. The van der Waals surface area contributed by atoms with Crippen LogP contribution in [0.3, 0.4) is 0 Å². The molecule has 1 fully saturated rings. The van der Waals surface area contributed by atoms with E-state index in [9.17, 15) is 14.4 Å². The second-order valence-electron chi connectivity index (χ2n) is 5.03. The summed E-state index contributed by atoms with van der Waals surface area (Å²) >= 11 is 0. The number of ether oxygens (including phenoxy) is 2. The molecule has 1 aliphatic rings. The summed E-state index contributed by atoms with van der Waals surface area (Å²) in [6.45, 7) is 1.50. The molecule has 1 N–H and O–H groups in total. The Kier molecular flexibility index (Phi) is 4.57. The van der Waals surface area contributed by atoms with Crippen LogP contribution in [0.1, 0.15) is 23.7 Å². The van der Waals surface area contributed by atoms with E-state index in [1.54, 1.807) is 24.3 Å². The van der Waals surface area contributed by atoms with Crippen molar-refractivity contribution >= 4 is 17.8 Å². The molecule has 0 spiro atoms. The van der Waals surface area contributed by atoms with Crippen molar-refractivity contribution in [1.82, 2.24) is 5.32 Å². The minimum Gasteiger partial charge on any atom is -0.497 e. The minimum atomic E-state index is -0.641. The largest absolute Gasteiger partial charge is 0.497 e. The quantitative estimate of drug-likeness (QED) is 0.823. The standard InChI is InChI=1S/C15H17NO5/c1-9-7-12(9)15(19)21-8-13(17)16-14(18)10-3-5-11(20-2)6-4-10/h3-6,9,12H,7-8H2,1-2H3,(H,16,17,18)/t9-,12+/m0/s1. The Balaban J connectivity index is 1.78. The van der Waals surface area contributed by atoms with Gasteiger partial charge in [0.25, 0.3) is 11.8 Å². The van der Waals surface area contributed by atoms with Crippen LogP contribution in [0.25, 0.3) is 0 Å². The van der Waals surface area contributed by atoms with Crippen molar-refractivity contribution in [1.29, 1.82) is 0 Å².